The number of anilines is 1. The van der Waals surface area contributed by atoms with Crippen LogP contribution >= 0.6 is 22.9 Å². The lowest BCUT2D eigenvalue weighted by Gasteiger charge is -2.26. The number of benzene rings is 1. The Balaban J connectivity index is 1.39. The molecule has 1 fully saturated rings. The van der Waals surface area contributed by atoms with E-state index < -0.39 is 0 Å². The average molecular weight is 376 g/mol. The molecule has 0 spiro atoms. The fourth-order valence-electron chi connectivity index (χ4n) is 2.90. The van der Waals surface area contributed by atoms with Crippen LogP contribution in [0.5, 0.6) is 0 Å². The molecule has 1 aliphatic carbocycles. The van der Waals surface area contributed by atoms with E-state index in [0.717, 1.165) is 35.4 Å². The molecule has 1 aromatic carbocycles. The van der Waals surface area contributed by atoms with Crippen LogP contribution in [0.4, 0.5) is 5.13 Å². The van der Waals surface area contributed by atoms with E-state index in [2.05, 4.69) is 10.3 Å². The summed E-state index contributed by atoms with van der Waals surface area (Å²) in [7, 11) is 0. The maximum absolute atomic E-state index is 12.6. The molecule has 0 atom stereocenters. The van der Waals surface area contributed by atoms with Crippen molar-refractivity contribution >= 4 is 39.9 Å². The van der Waals surface area contributed by atoms with E-state index in [1.165, 1.54) is 11.3 Å². The SMILES string of the molecule is O=C(Nc1nc2c(s1)CN(C(=O)Cc1ccc(Cl)cc1)CC2)C1CC1. The third-order valence-corrected chi connectivity index (χ3v) is 5.78. The van der Waals surface area contributed by atoms with E-state index in [-0.39, 0.29) is 17.7 Å². The summed E-state index contributed by atoms with van der Waals surface area (Å²) in [4.78, 5) is 31.9. The van der Waals surface area contributed by atoms with E-state index in [4.69, 9.17) is 11.6 Å². The molecule has 1 aliphatic heterocycles. The lowest BCUT2D eigenvalue weighted by molar-refractivity contribution is -0.131. The lowest BCUT2D eigenvalue weighted by Crippen LogP contribution is -2.36. The van der Waals surface area contributed by atoms with Gasteiger partial charge in [-0.3, -0.25) is 9.59 Å². The second kappa shape index (κ2) is 6.77. The van der Waals surface area contributed by atoms with Gasteiger partial charge >= 0.3 is 0 Å². The van der Waals surface area contributed by atoms with Crippen molar-refractivity contribution in [3.05, 3.63) is 45.4 Å². The van der Waals surface area contributed by atoms with Crippen LogP contribution in [0.15, 0.2) is 24.3 Å². The van der Waals surface area contributed by atoms with E-state index in [1.807, 2.05) is 17.0 Å². The first kappa shape index (κ1) is 16.5. The molecule has 0 saturated heterocycles. The minimum absolute atomic E-state index is 0.0711. The van der Waals surface area contributed by atoms with Crippen molar-refractivity contribution in [2.45, 2.75) is 32.2 Å². The molecule has 1 aromatic heterocycles. The normalized spacial score (nSPS) is 16.4. The van der Waals surface area contributed by atoms with Crippen LogP contribution in [0.2, 0.25) is 5.02 Å². The quantitative estimate of drug-likeness (QED) is 0.892. The van der Waals surface area contributed by atoms with Crippen LogP contribution in [0, 0.1) is 5.92 Å². The molecule has 2 aromatic rings. The number of carbonyl (C=O) groups is 2. The van der Waals surface area contributed by atoms with Gasteiger partial charge in [0, 0.05) is 28.8 Å². The zero-order valence-corrected chi connectivity index (χ0v) is 15.2. The minimum atomic E-state index is 0.0711. The molecule has 130 valence electrons. The molecule has 2 amide bonds. The summed E-state index contributed by atoms with van der Waals surface area (Å²) in [6.45, 7) is 1.23. The van der Waals surface area contributed by atoms with Gasteiger partial charge in [0.05, 0.1) is 18.7 Å². The molecular weight excluding hydrogens is 358 g/mol. The van der Waals surface area contributed by atoms with Crippen LogP contribution in [-0.4, -0.2) is 28.2 Å². The van der Waals surface area contributed by atoms with Gasteiger partial charge in [-0.1, -0.05) is 35.1 Å². The van der Waals surface area contributed by atoms with Gasteiger partial charge in [-0.15, -0.1) is 0 Å². The number of halogens is 1. The standard InChI is InChI=1S/C18H18ClN3O2S/c19-13-5-1-11(2-6-13)9-16(23)22-8-7-14-15(10-22)25-18(20-14)21-17(24)12-3-4-12/h1-2,5-6,12H,3-4,7-10H2,(H,20,21,24). The number of nitrogens with one attached hydrogen (secondary N) is 1. The zero-order chi connectivity index (χ0) is 17.4. The Bertz CT molecular complexity index is 814. The summed E-state index contributed by atoms with van der Waals surface area (Å²) in [5.41, 5.74) is 1.97. The predicted molar refractivity (Wildman–Crippen MR) is 97.7 cm³/mol. The van der Waals surface area contributed by atoms with Crippen LogP contribution in [0.1, 0.15) is 29.0 Å². The molecular formula is C18H18ClN3O2S. The molecule has 2 aliphatic rings. The third-order valence-electron chi connectivity index (χ3n) is 4.53. The van der Waals surface area contributed by atoms with Crippen LogP contribution in [0.25, 0.3) is 0 Å². The first-order valence-corrected chi connectivity index (χ1v) is 9.59. The molecule has 0 radical (unpaired) electrons. The predicted octanol–water partition coefficient (Wildman–Crippen LogP) is 3.27. The second-order valence-electron chi connectivity index (χ2n) is 6.52. The smallest absolute Gasteiger partial charge is 0.229 e. The third kappa shape index (κ3) is 3.85. The number of hydrogen-bond donors (Lipinski definition) is 1. The molecule has 5 nitrogen and oxygen atoms in total. The topological polar surface area (TPSA) is 62.3 Å². The number of carbonyl (C=O) groups excluding carboxylic acids is 2. The molecule has 25 heavy (non-hydrogen) atoms. The van der Waals surface area contributed by atoms with Gasteiger partial charge < -0.3 is 10.2 Å². The van der Waals surface area contributed by atoms with Gasteiger partial charge in [0.2, 0.25) is 11.8 Å². The van der Waals surface area contributed by atoms with Crippen molar-refractivity contribution in [1.82, 2.24) is 9.88 Å². The molecule has 0 bridgehead atoms. The van der Waals surface area contributed by atoms with Crippen LogP contribution in [-0.2, 0) is 29.0 Å². The largest absolute Gasteiger partial charge is 0.337 e. The Kier molecular flexibility index (Phi) is 4.48. The first-order chi connectivity index (χ1) is 12.1. The van der Waals surface area contributed by atoms with Crippen molar-refractivity contribution < 1.29 is 9.59 Å². The highest BCUT2D eigenvalue weighted by Gasteiger charge is 2.31. The van der Waals surface area contributed by atoms with Gasteiger partial charge in [0.15, 0.2) is 5.13 Å². The van der Waals surface area contributed by atoms with Gasteiger partial charge in [-0.2, -0.15) is 0 Å². The van der Waals surface area contributed by atoms with Gasteiger partial charge in [0.1, 0.15) is 0 Å². The first-order valence-electron chi connectivity index (χ1n) is 8.40. The minimum Gasteiger partial charge on any atom is -0.337 e. The summed E-state index contributed by atoms with van der Waals surface area (Å²) >= 11 is 7.37. The van der Waals surface area contributed by atoms with E-state index in [0.29, 0.717) is 29.7 Å². The van der Waals surface area contributed by atoms with Crippen molar-refractivity contribution in [3.63, 3.8) is 0 Å². The molecule has 2 heterocycles. The number of hydrogen-bond acceptors (Lipinski definition) is 4. The Labute approximate surface area is 155 Å². The van der Waals surface area contributed by atoms with Crippen molar-refractivity contribution in [3.8, 4) is 0 Å². The number of nitrogens with zero attached hydrogens (tertiary/aromatic N) is 2. The Morgan fingerprint density at radius 2 is 2.04 bits per heavy atom. The Morgan fingerprint density at radius 1 is 1.28 bits per heavy atom. The van der Waals surface area contributed by atoms with Gasteiger partial charge in [0.25, 0.3) is 0 Å². The van der Waals surface area contributed by atoms with E-state index in [1.54, 1.807) is 12.1 Å². The Hall–Kier alpha value is -1.92. The number of thiazole rings is 1. The lowest BCUT2D eigenvalue weighted by atomic mass is 10.1. The Morgan fingerprint density at radius 3 is 2.76 bits per heavy atom. The van der Waals surface area contributed by atoms with E-state index >= 15 is 0 Å². The summed E-state index contributed by atoms with van der Waals surface area (Å²) in [6.07, 6.45) is 3.06. The number of aromatic nitrogens is 1. The fraction of sp³-hybridized carbons (Fsp3) is 0.389. The highest BCUT2D eigenvalue weighted by Crippen LogP contribution is 2.33. The van der Waals surface area contributed by atoms with Crippen molar-refractivity contribution in [1.29, 1.82) is 0 Å². The second-order valence-corrected chi connectivity index (χ2v) is 8.04. The van der Waals surface area contributed by atoms with Crippen molar-refractivity contribution in [2.24, 2.45) is 5.92 Å². The number of rotatable bonds is 4. The van der Waals surface area contributed by atoms with Crippen LogP contribution in [0.3, 0.4) is 0 Å². The molecule has 0 unspecified atom stereocenters. The molecule has 1 N–H and O–H groups in total. The highest BCUT2D eigenvalue weighted by atomic mass is 35.5. The molecule has 1 saturated carbocycles. The van der Waals surface area contributed by atoms with Crippen LogP contribution < -0.4 is 5.32 Å². The number of amides is 2. The maximum atomic E-state index is 12.6. The summed E-state index contributed by atoms with van der Waals surface area (Å²) in [5, 5.41) is 4.23. The summed E-state index contributed by atoms with van der Waals surface area (Å²) < 4.78 is 0. The summed E-state index contributed by atoms with van der Waals surface area (Å²) in [5.74, 6) is 0.338. The number of fused-ring (bicyclic) bond motifs is 1. The molecule has 4 rings (SSSR count). The van der Waals surface area contributed by atoms with Crippen molar-refractivity contribution in [2.75, 3.05) is 11.9 Å². The maximum Gasteiger partial charge on any atom is 0.229 e. The highest BCUT2D eigenvalue weighted by molar-refractivity contribution is 7.15. The van der Waals surface area contributed by atoms with E-state index in [9.17, 15) is 9.59 Å². The summed E-state index contributed by atoms with van der Waals surface area (Å²) in [6, 6.07) is 7.37. The molecule has 7 heteroatoms. The fourth-order valence-corrected chi connectivity index (χ4v) is 4.06. The monoisotopic (exact) mass is 375 g/mol. The average Bonchev–Trinajstić information content (AvgIpc) is 3.37. The zero-order valence-electron chi connectivity index (χ0n) is 13.6. The van der Waals surface area contributed by atoms with Gasteiger partial charge in [-0.25, -0.2) is 4.98 Å². The van der Waals surface area contributed by atoms with Gasteiger partial charge in [-0.05, 0) is 30.5 Å².